The van der Waals surface area contributed by atoms with E-state index in [1.54, 1.807) is 25.2 Å². The van der Waals surface area contributed by atoms with Crippen molar-refractivity contribution >= 4 is 23.8 Å². The minimum atomic E-state index is -0.234. The summed E-state index contributed by atoms with van der Waals surface area (Å²) in [5.74, 6) is 0. The quantitative estimate of drug-likeness (QED) is 0.793. The summed E-state index contributed by atoms with van der Waals surface area (Å²) in [6.45, 7) is 0. The van der Waals surface area contributed by atoms with E-state index in [1.165, 1.54) is 4.57 Å². The molecular formula is C11H9ClN2OS. The first-order valence-electron chi connectivity index (χ1n) is 4.64. The molecule has 0 fully saturated rings. The van der Waals surface area contributed by atoms with Crippen molar-refractivity contribution in [2.45, 2.75) is 0 Å². The topological polar surface area (TPSA) is 37.8 Å². The molecule has 82 valence electrons. The molecule has 1 N–H and O–H groups in total. The van der Waals surface area contributed by atoms with Gasteiger partial charge in [-0.15, -0.1) is 0 Å². The summed E-state index contributed by atoms with van der Waals surface area (Å²) in [6, 6.07) is 9.04. The summed E-state index contributed by atoms with van der Waals surface area (Å²) < 4.78 is 1.92. The molecule has 0 amide bonds. The van der Waals surface area contributed by atoms with Crippen molar-refractivity contribution in [2.24, 2.45) is 7.05 Å². The van der Waals surface area contributed by atoms with Crippen molar-refractivity contribution in [3.05, 3.63) is 50.5 Å². The van der Waals surface area contributed by atoms with Crippen molar-refractivity contribution in [1.82, 2.24) is 9.55 Å². The Bertz CT molecular complexity index is 645. The number of hydrogen-bond acceptors (Lipinski definition) is 2. The number of benzene rings is 1. The Morgan fingerprint density at radius 1 is 1.38 bits per heavy atom. The number of hydrogen-bond donors (Lipinski definition) is 1. The largest absolute Gasteiger partial charge is 0.326 e. The van der Waals surface area contributed by atoms with Crippen LogP contribution in [0.25, 0.3) is 11.3 Å². The minimum absolute atomic E-state index is 0.234. The fraction of sp³-hybridized carbons (Fsp3) is 0.0909. The van der Waals surface area contributed by atoms with Crippen molar-refractivity contribution < 1.29 is 0 Å². The molecule has 0 aliphatic carbocycles. The van der Waals surface area contributed by atoms with Crippen molar-refractivity contribution in [3.63, 3.8) is 0 Å². The van der Waals surface area contributed by atoms with E-state index in [9.17, 15) is 4.79 Å². The highest BCUT2D eigenvalue weighted by Gasteiger charge is 2.04. The van der Waals surface area contributed by atoms with Gasteiger partial charge in [-0.05, 0) is 23.8 Å². The molecule has 0 saturated carbocycles. The van der Waals surface area contributed by atoms with E-state index in [0.717, 1.165) is 11.3 Å². The number of halogens is 1. The fourth-order valence-electron chi connectivity index (χ4n) is 1.48. The van der Waals surface area contributed by atoms with Crippen LogP contribution in [0.1, 0.15) is 0 Å². The van der Waals surface area contributed by atoms with Gasteiger partial charge in [0, 0.05) is 12.1 Å². The zero-order valence-corrected chi connectivity index (χ0v) is 10.1. The molecular weight excluding hydrogens is 244 g/mol. The summed E-state index contributed by atoms with van der Waals surface area (Å²) in [5, 5.41) is 0.628. The Morgan fingerprint density at radius 2 is 2.12 bits per heavy atom. The minimum Gasteiger partial charge on any atom is -0.298 e. The van der Waals surface area contributed by atoms with E-state index in [1.807, 2.05) is 12.1 Å². The molecule has 0 radical (unpaired) electrons. The summed E-state index contributed by atoms with van der Waals surface area (Å²) >= 11 is 10.9. The van der Waals surface area contributed by atoms with Crippen LogP contribution in [0.4, 0.5) is 0 Å². The van der Waals surface area contributed by atoms with E-state index in [4.69, 9.17) is 23.8 Å². The average molecular weight is 253 g/mol. The molecule has 0 atom stereocenters. The Balaban J connectivity index is 2.74. The van der Waals surface area contributed by atoms with Gasteiger partial charge in [0.2, 0.25) is 0 Å². The van der Waals surface area contributed by atoms with Gasteiger partial charge in [-0.2, -0.15) is 0 Å². The molecule has 3 nitrogen and oxygen atoms in total. The lowest BCUT2D eigenvalue weighted by Crippen LogP contribution is -2.21. The molecule has 2 rings (SSSR count). The monoisotopic (exact) mass is 252 g/mol. The summed E-state index contributed by atoms with van der Waals surface area (Å²) in [7, 11) is 1.68. The van der Waals surface area contributed by atoms with Gasteiger partial charge in [0.1, 0.15) is 4.64 Å². The first-order valence-corrected chi connectivity index (χ1v) is 5.43. The second-order valence-corrected chi connectivity index (χ2v) is 4.27. The zero-order valence-electron chi connectivity index (χ0n) is 8.53. The Hall–Kier alpha value is -1.39. The molecule has 1 heterocycles. The fourth-order valence-corrected chi connectivity index (χ4v) is 1.87. The lowest BCUT2D eigenvalue weighted by molar-refractivity contribution is 0.816. The molecule has 0 bridgehead atoms. The van der Waals surface area contributed by atoms with E-state index in [2.05, 4.69) is 4.98 Å². The van der Waals surface area contributed by atoms with Gasteiger partial charge >= 0.3 is 5.69 Å². The first-order chi connectivity index (χ1) is 7.58. The van der Waals surface area contributed by atoms with Crippen LogP contribution in [-0.4, -0.2) is 9.55 Å². The van der Waals surface area contributed by atoms with E-state index in [0.29, 0.717) is 9.66 Å². The lowest BCUT2D eigenvalue weighted by Gasteiger charge is -2.07. The van der Waals surface area contributed by atoms with E-state index < -0.39 is 0 Å². The summed E-state index contributed by atoms with van der Waals surface area (Å²) in [6.07, 6.45) is 0. The van der Waals surface area contributed by atoms with Gasteiger partial charge in [0.05, 0.1) is 5.69 Å². The normalized spacial score (nSPS) is 10.4. The van der Waals surface area contributed by atoms with Crippen LogP contribution in [0.5, 0.6) is 0 Å². The standard InChI is InChI=1S/C11H9ClN2OS/c1-14-9(6-10(16)13-11(14)15)7-3-2-4-8(12)5-7/h2-6H,1H3,(H,13,15,16). The molecule has 0 saturated heterocycles. The van der Waals surface area contributed by atoms with E-state index >= 15 is 0 Å². The van der Waals surface area contributed by atoms with Gasteiger partial charge in [-0.1, -0.05) is 36.0 Å². The molecule has 1 aromatic carbocycles. The summed E-state index contributed by atoms with van der Waals surface area (Å²) in [5.41, 5.74) is 1.38. The second-order valence-electron chi connectivity index (χ2n) is 3.39. The van der Waals surface area contributed by atoms with Crippen molar-refractivity contribution in [2.75, 3.05) is 0 Å². The van der Waals surface area contributed by atoms with Crippen LogP contribution in [0.15, 0.2) is 35.1 Å². The highest BCUT2D eigenvalue weighted by atomic mass is 35.5. The average Bonchev–Trinajstić information content (AvgIpc) is 2.23. The Labute approximate surface area is 102 Å². The summed E-state index contributed by atoms with van der Waals surface area (Å²) in [4.78, 5) is 14.1. The SMILES string of the molecule is Cn1c(-c2cccc(Cl)c2)cc(=S)[nH]c1=O. The molecule has 0 unspecified atom stereocenters. The smallest absolute Gasteiger partial charge is 0.298 e. The third-order valence-corrected chi connectivity index (χ3v) is 2.74. The maximum atomic E-state index is 11.5. The van der Waals surface area contributed by atoms with Crippen molar-refractivity contribution in [1.29, 1.82) is 0 Å². The van der Waals surface area contributed by atoms with Gasteiger partial charge in [-0.3, -0.25) is 9.55 Å². The maximum Gasteiger partial charge on any atom is 0.326 e. The Kier molecular flexibility index (Phi) is 2.94. The number of aromatic amines is 1. The van der Waals surface area contributed by atoms with Crippen LogP contribution in [-0.2, 0) is 7.05 Å². The van der Waals surface area contributed by atoms with Gasteiger partial charge in [0.15, 0.2) is 0 Å². The van der Waals surface area contributed by atoms with Crippen LogP contribution >= 0.6 is 23.8 Å². The molecule has 0 spiro atoms. The third kappa shape index (κ3) is 2.08. The predicted octanol–water partition coefficient (Wildman–Crippen LogP) is 2.76. The molecule has 0 aliphatic heterocycles. The van der Waals surface area contributed by atoms with Gasteiger partial charge in [0.25, 0.3) is 0 Å². The molecule has 1 aromatic heterocycles. The number of nitrogens with zero attached hydrogens (tertiary/aromatic N) is 1. The van der Waals surface area contributed by atoms with E-state index in [-0.39, 0.29) is 5.69 Å². The molecule has 2 aromatic rings. The number of nitrogens with one attached hydrogen (secondary N) is 1. The number of aromatic nitrogens is 2. The first kappa shape index (κ1) is 11.1. The Morgan fingerprint density at radius 3 is 2.81 bits per heavy atom. The maximum absolute atomic E-state index is 11.5. The van der Waals surface area contributed by atoms with Crippen LogP contribution < -0.4 is 5.69 Å². The highest BCUT2D eigenvalue weighted by molar-refractivity contribution is 7.71. The van der Waals surface area contributed by atoms with Crippen LogP contribution in [0.3, 0.4) is 0 Å². The predicted molar refractivity (Wildman–Crippen MR) is 67.3 cm³/mol. The third-order valence-electron chi connectivity index (χ3n) is 2.28. The second kappa shape index (κ2) is 4.23. The van der Waals surface area contributed by atoms with Crippen LogP contribution in [0.2, 0.25) is 5.02 Å². The van der Waals surface area contributed by atoms with Gasteiger partial charge < -0.3 is 0 Å². The lowest BCUT2D eigenvalue weighted by atomic mass is 10.1. The molecule has 0 aliphatic rings. The number of rotatable bonds is 1. The molecule has 16 heavy (non-hydrogen) atoms. The van der Waals surface area contributed by atoms with Crippen molar-refractivity contribution in [3.8, 4) is 11.3 Å². The number of H-pyrrole nitrogens is 1. The molecule has 5 heteroatoms. The van der Waals surface area contributed by atoms with Crippen LogP contribution in [0, 0.1) is 4.64 Å². The zero-order chi connectivity index (χ0) is 11.7. The highest BCUT2D eigenvalue weighted by Crippen LogP contribution is 2.20. The van der Waals surface area contributed by atoms with Gasteiger partial charge in [-0.25, -0.2) is 4.79 Å².